The molecule has 104 valence electrons. The van der Waals surface area contributed by atoms with Crippen molar-refractivity contribution in [2.24, 2.45) is 0 Å². The third kappa shape index (κ3) is 3.14. The van der Waals surface area contributed by atoms with Crippen LogP contribution in [0.5, 0.6) is 0 Å². The third-order valence-electron chi connectivity index (χ3n) is 4.04. The van der Waals surface area contributed by atoms with Gasteiger partial charge in [0.05, 0.1) is 12.1 Å². The molecule has 0 spiro atoms. The molecule has 0 saturated carbocycles. The zero-order valence-corrected chi connectivity index (χ0v) is 11.1. The van der Waals surface area contributed by atoms with Crippen molar-refractivity contribution in [1.29, 1.82) is 0 Å². The fourth-order valence-corrected chi connectivity index (χ4v) is 2.88. The summed E-state index contributed by atoms with van der Waals surface area (Å²) in [5, 5.41) is 12.1. The molecule has 0 aromatic carbocycles. The highest BCUT2D eigenvalue weighted by Crippen LogP contribution is 2.20. The first kappa shape index (κ1) is 13.6. The summed E-state index contributed by atoms with van der Waals surface area (Å²) < 4.78 is 5.45. The van der Waals surface area contributed by atoms with Crippen LogP contribution in [0.1, 0.15) is 39.0 Å². The number of likely N-dealkylation sites (tertiary alicyclic amines) is 1. The monoisotopic (exact) mass is 256 g/mol. The Labute approximate surface area is 108 Å². The van der Waals surface area contributed by atoms with Gasteiger partial charge in [0.2, 0.25) is 0 Å². The zero-order chi connectivity index (χ0) is 13.0. The normalized spacial score (nSPS) is 32.6. The van der Waals surface area contributed by atoms with Crippen LogP contribution >= 0.6 is 0 Å². The molecular weight excluding hydrogens is 232 g/mol. The first-order valence-corrected chi connectivity index (χ1v) is 7.02. The van der Waals surface area contributed by atoms with Crippen LogP contribution < -0.4 is 5.32 Å². The lowest BCUT2D eigenvalue weighted by atomic mass is 10.00. The van der Waals surface area contributed by atoms with Crippen molar-refractivity contribution in [2.45, 2.75) is 57.2 Å². The standard InChI is InChI=1S/C13H24N2O3/c1-10-12(6-9-18-10)14-13(17)15-7-3-2-4-11(15)5-8-16/h10-12,16H,2-9H2,1H3,(H,14,17). The number of piperidine rings is 1. The Bertz CT molecular complexity index is 283. The molecule has 18 heavy (non-hydrogen) atoms. The van der Waals surface area contributed by atoms with Gasteiger partial charge in [0.1, 0.15) is 0 Å². The smallest absolute Gasteiger partial charge is 0.317 e. The van der Waals surface area contributed by atoms with E-state index in [0.29, 0.717) is 6.42 Å². The van der Waals surface area contributed by atoms with Gasteiger partial charge in [-0.3, -0.25) is 0 Å². The summed E-state index contributed by atoms with van der Waals surface area (Å²) in [6, 6.07) is 0.339. The van der Waals surface area contributed by atoms with E-state index in [1.807, 2.05) is 11.8 Å². The van der Waals surface area contributed by atoms with E-state index in [2.05, 4.69) is 5.32 Å². The minimum atomic E-state index is 0.00972. The lowest BCUT2D eigenvalue weighted by molar-refractivity contribution is 0.104. The predicted octanol–water partition coefficient (Wildman–Crippen LogP) is 1.11. The van der Waals surface area contributed by atoms with E-state index >= 15 is 0 Å². The molecule has 5 nitrogen and oxygen atoms in total. The van der Waals surface area contributed by atoms with Gasteiger partial charge in [-0.2, -0.15) is 0 Å². The van der Waals surface area contributed by atoms with Crippen molar-refractivity contribution >= 4 is 6.03 Å². The van der Waals surface area contributed by atoms with Gasteiger partial charge in [-0.25, -0.2) is 4.79 Å². The van der Waals surface area contributed by atoms with E-state index in [1.54, 1.807) is 0 Å². The van der Waals surface area contributed by atoms with Gasteiger partial charge in [-0.05, 0) is 39.0 Å². The predicted molar refractivity (Wildman–Crippen MR) is 68.4 cm³/mol. The minimum absolute atomic E-state index is 0.00972. The topological polar surface area (TPSA) is 61.8 Å². The Morgan fingerprint density at radius 2 is 2.28 bits per heavy atom. The summed E-state index contributed by atoms with van der Waals surface area (Å²) in [7, 11) is 0. The quantitative estimate of drug-likeness (QED) is 0.795. The van der Waals surface area contributed by atoms with E-state index in [0.717, 1.165) is 38.8 Å². The SMILES string of the molecule is CC1OCCC1NC(=O)N1CCCCC1CCO. The number of ether oxygens (including phenoxy) is 1. The van der Waals surface area contributed by atoms with Crippen LogP contribution in [-0.2, 0) is 4.74 Å². The molecule has 2 fully saturated rings. The molecule has 0 bridgehead atoms. The van der Waals surface area contributed by atoms with Crippen molar-refractivity contribution in [1.82, 2.24) is 10.2 Å². The van der Waals surface area contributed by atoms with E-state index in [-0.39, 0.29) is 30.8 Å². The van der Waals surface area contributed by atoms with Gasteiger partial charge in [0, 0.05) is 25.8 Å². The fraction of sp³-hybridized carbons (Fsp3) is 0.923. The molecule has 2 saturated heterocycles. The second kappa shape index (κ2) is 6.38. The summed E-state index contributed by atoms with van der Waals surface area (Å²) in [5.74, 6) is 0. The number of amides is 2. The second-order valence-electron chi connectivity index (χ2n) is 5.28. The van der Waals surface area contributed by atoms with Crippen LogP contribution in [0.15, 0.2) is 0 Å². The summed E-state index contributed by atoms with van der Waals surface area (Å²) in [6.45, 7) is 3.68. The molecule has 2 N–H and O–H groups in total. The first-order valence-electron chi connectivity index (χ1n) is 7.02. The summed E-state index contributed by atoms with van der Waals surface area (Å²) >= 11 is 0. The highest BCUT2D eigenvalue weighted by molar-refractivity contribution is 5.75. The number of hydrogen-bond donors (Lipinski definition) is 2. The molecule has 0 radical (unpaired) electrons. The number of hydrogen-bond acceptors (Lipinski definition) is 3. The summed E-state index contributed by atoms with van der Waals surface area (Å²) in [4.78, 5) is 14.2. The molecule has 2 aliphatic rings. The van der Waals surface area contributed by atoms with Crippen LogP contribution in [0.3, 0.4) is 0 Å². The maximum atomic E-state index is 12.3. The van der Waals surface area contributed by atoms with E-state index in [4.69, 9.17) is 9.84 Å². The Balaban J connectivity index is 1.89. The Morgan fingerprint density at radius 1 is 1.44 bits per heavy atom. The van der Waals surface area contributed by atoms with Gasteiger partial charge < -0.3 is 20.1 Å². The van der Waals surface area contributed by atoms with Crippen LogP contribution in [0.2, 0.25) is 0 Å². The molecule has 2 heterocycles. The van der Waals surface area contributed by atoms with E-state index in [9.17, 15) is 4.79 Å². The van der Waals surface area contributed by atoms with Gasteiger partial charge in [-0.1, -0.05) is 0 Å². The number of aliphatic hydroxyl groups is 1. The fourth-order valence-electron chi connectivity index (χ4n) is 2.88. The molecular formula is C13H24N2O3. The Kier molecular flexibility index (Phi) is 4.83. The van der Waals surface area contributed by atoms with Gasteiger partial charge in [0.15, 0.2) is 0 Å². The molecule has 3 unspecified atom stereocenters. The van der Waals surface area contributed by atoms with Gasteiger partial charge >= 0.3 is 6.03 Å². The van der Waals surface area contributed by atoms with Gasteiger partial charge in [-0.15, -0.1) is 0 Å². The van der Waals surface area contributed by atoms with Crippen molar-refractivity contribution in [3.63, 3.8) is 0 Å². The zero-order valence-electron chi connectivity index (χ0n) is 11.1. The number of aliphatic hydroxyl groups excluding tert-OH is 1. The molecule has 2 amide bonds. The summed E-state index contributed by atoms with van der Waals surface area (Å²) in [6.07, 6.45) is 4.90. The number of nitrogens with one attached hydrogen (secondary N) is 1. The third-order valence-corrected chi connectivity index (χ3v) is 4.04. The van der Waals surface area contributed by atoms with Crippen LogP contribution in [0.4, 0.5) is 4.79 Å². The van der Waals surface area contributed by atoms with Crippen molar-refractivity contribution in [3.8, 4) is 0 Å². The lowest BCUT2D eigenvalue weighted by Gasteiger charge is -2.36. The number of nitrogens with zero attached hydrogens (tertiary/aromatic N) is 1. The minimum Gasteiger partial charge on any atom is -0.396 e. The van der Waals surface area contributed by atoms with E-state index in [1.165, 1.54) is 0 Å². The van der Waals surface area contributed by atoms with Crippen LogP contribution in [-0.4, -0.2) is 54.0 Å². The number of urea groups is 1. The summed E-state index contributed by atoms with van der Waals surface area (Å²) in [5.41, 5.74) is 0. The largest absolute Gasteiger partial charge is 0.396 e. The molecule has 5 heteroatoms. The Morgan fingerprint density at radius 3 is 2.94 bits per heavy atom. The highest BCUT2D eigenvalue weighted by Gasteiger charge is 2.31. The van der Waals surface area contributed by atoms with E-state index < -0.39 is 0 Å². The van der Waals surface area contributed by atoms with Crippen LogP contribution in [0.25, 0.3) is 0 Å². The van der Waals surface area contributed by atoms with Crippen molar-refractivity contribution in [3.05, 3.63) is 0 Å². The van der Waals surface area contributed by atoms with Crippen LogP contribution in [0, 0.1) is 0 Å². The molecule has 0 aromatic heterocycles. The molecule has 0 aromatic rings. The molecule has 2 rings (SSSR count). The molecule has 3 atom stereocenters. The number of carbonyl (C=O) groups excluding carboxylic acids is 1. The van der Waals surface area contributed by atoms with Crippen molar-refractivity contribution in [2.75, 3.05) is 19.8 Å². The first-order chi connectivity index (χ1) is 8.72. The maximum Gasteiger partial charge on any atom is 0.317 e. The Hall–Kier alpha value is -0.810. The number of rotatable bonds is 3. The molecule has 2 aliphatic heterocycles. The highest BCUT2D eigenvalue weighted by atomic mass is 16.5. The average molecular weight is 256 g/mol. The molecule has 0 aliphatic carbocycles. The van der Waals surface area contributed by atoms with Gasteiger partial charge in [0.25, 0.3) is 0 Å². The van der Waals surface area contributed by atoms with Crippen molar-refractivity contribution < 1.29 is 14.6 Å². The maximum absolute atomic E-state index is 12.3. The number of carbonyl (C=O) groups is 1. The second-order valence-corrected chi connectivity index (χ2v) is 5.28. The lowest BCUT2D eigenvalue weighted by Crippen LogP contribution is -2.52. The average Bonchev–Trinajstić information content (AvgIpc) is 2.76.